The van der Waals surface area contributed by atoms with Gasteiger partial charge < -0.3 is 4.74 Å². The Kier molecular flexibility index (Phi) is 2.49. The fourth-order valence-electron chi connectivity index (χ4n) is 1.13. The third-order valence-electron chi connectivity index (χ3n) is 1.79. The first-order valence-corrected chi connectivity index (χ1v) is 4.81. The van der Waals surface area contributed by atoms with Gasteiger partial charge in [-0.05, 0) is 28.1 Å². The zero-order valence-corrected chi connectivity index (χ0v) is 9.08. The summed E-state index contributed by atoms with van der Waals surface area (Å²) in [4.78, 5) is 4.15. The summed E-state index contributed by atoms with van der Waals surface area (Å²) in [7, 11) is 1.63. The highest BCUT2D eigenvalue weighted by Gasteiger charge is 2.04. The molecule has 72 valence electrons. The molecule has 0 atom stereocenters. The first-order chi connectivity index (χ1) is 6.79. The molecule has 0 radical (unpaired) electrons. The Hall–Kier alpha value is -1.36. The average Bonchev–Trinajstić information content (AvgIpc) is 2.65. The molecule has 5 heteroatoms. The minimum absolute atomic E-state index is 0.621. The number of methoxy groups -OCH3 is 1. The smallest absolute Gasteiger partial charge is 0.193 e. The van der Waals surface area contributed by atoms with Gasteiger partial charge in [-0.15, -0.1) is 0 Å². The third kappa shape index (κ3) is 1.77. The van der Waals surface area contributed by atoms with Gasteiger partial charge in [-0.3, -0.25) is 5.10 Å². The van der Waals surface area contributed by atoms with Gasteiger partial charge in [0.15, 0.2) is 10.6 Å². The standard InChI is InChI=1S/C9H8BrN3O/c1-14-7-4-2-3-6(5-7)8-11-9(10)13-12-8/h2-5H,1H3,(H,11,12,13). The maximum atomic E-state index is 5.11. The van der Waals surface area contributed by atoms with Gasteiger partial charge in [0.25, 0.3) is 0 Å². The molecule has 0 fully saturated rings. The first-order valence-electron chi connectivity index (χ1n) is 4.02. The molecular weight excluding hydrogens is 246 g/mol. The zero-order chi connectivity index (χ0) is 9.97. The van der Waals surface area contributed by atoms with Crippen LogP contribution in [0.4, 0.5) is 0 Å². The summed E-state index contributed by atoms with van der Waals surface area (Å²) in [6.07, 6.45) is 0. The second-order valence-electron chi connectivity index (χ2n) is 2.68. The van der Waals surface area contributed by atoms with Crippen LogP contribution in [0.2, 0.25) is 0 Å². The highest BCUT2D eigenvalue weighted by molar-refractivity contribution is 9.10. The summed E-state index contributed by atoms with van der Waals surface area (Å²) < 4.78 is 5.73. The summed E-state index contributed by atoms with van der Waals surface area (Å²) in [5.41, 5.74) is 0.923. The van der Waals surface area contributed by atoms with E-state index in [-0.39, 0.29) is 0 Å². The highest BCUT2D eigenvalue weighted by atomic mass is 79.9. The Labute approximate surface area is 89.5 Å². The molecule has 2 aromatic rings. The van der Waals surface area contributed by atoms with Crippen LogP contribution in [0.3, 0.4) is 0 Å². The van der Waals surface area contributed by atoms with Crippen LogP contribution in [-0.2, 0) is 0 Å². The number of hydrogen-bond donors (Lipinski definition) is 1. The van der Waals surface area contributed by atoms with E-state index in [0.717, 1.165) is 11.3 Å². The predicted molar refractivity (Wildman–Crippen MR) is 56.1 cm³/mol. The van der Waals surface area contributed by atoms with E-state index in [1.165, 1.54) is 0 Å². The third-order valence-corrected chi connectivity index (χ3v) is 2.14. The van der Waals surface area contributed by atoms with Crippen LogP contribution in [0.25, 0.3) is 11.4 Å². The number of hydrogen-bond acceptors (Lipinski definition) is 3. The molecular formula is C9H8BrN3O. The van der Waals surface area contributed by atoms with Crippen LogP contribution in [0.1, 0.15) is 0 Å². The number of halogens is 1. The summed E-state index contributed by atoms with van der Waals surface area (Å²) in [5.74, 6) is 1.44. The lowest BCUT2D eigenvalue weighted by Gasteiger charge is -2.00. The van der Waals surface area contributed by atoms with E-state index < -0.39 is 0 Å². The highest BCUT2D eigenvalue weighted by Crippen LogP contribution is 2.21. The van der Waals surface area contributed by atoms with E-state index in [0.29, 0.717) is 10.6 Å². The van der Waals surface area contributed by atoms with Crippen molar-refractivity contribution in [3.05, 3.63) is 29.0 Å². The SMILES string of the molecule is COc1cccc(-c2n[nH]c(Br)n2)c1. The number of nitrogens with one attached hydrogen (secondary N) is 1. The van der Waals surface area contributed by atoms with E-state index in [9.17, 15) is 0 Å². The maximum absolute atomic E-state index is 5.11. The van der Waals surface area contributed by atoms with Gasteiger partial charge >= 0.3 is 0 Å². The van der Waals surface area contributed by atoms with Crippen LogP contribution < -0.4 is 4.74 Å². The summed E-state index contributed by atoms with van der Waals surface area (Å²) in [6, 6.07) is 7.59. The molecule has 0 unspecified atom stereocenters. The Morgan fingerprint density at radius 2 is 2.29 bits per heavy atom. The molecule has 0 aliphatic rings. The van der Waals surface area contributed by atoms with Crippen LogP contribution in [0.15, 0.2) is 29.0 Å². The number of nitrogens with zero attached hydrogens (tertiary/aromatic N) is 2. The number of rotatable bonds is 2. The van der Waals surface area contributed by atoms with Crippen molar-refractivity contribution < 1.29 is 4.74 Å². The molecule has 1 N–H and O–H groups in total. The van der Waals surface area contributed by atoms with E-state index in [4.69, 9.17) is 4.74 Å². The number of aromatic nitrogens is 3. The predicted octanol–water partition coefficient (Wildman–Crippen LogP) is 2.24. The van der Waals surface area contributed by atoms with Gasteiger partial charge in [-0.1, -0.05) is 12.1 Å². The summed E-state index contributed by atoms with van der Waals surface area (Å²) in [5, 5.41) is 6.74. The molecule has 1 aromatic heterocycles. The van der Waals surface area contributed by atoms with Gasteiger partial charge in [0, 0.05) is 5.56 Å². The number of ether oxygens (including phenoxy) is 1. The Morgan fingerprint density at radius 1 is 1.43 bits per heavy atom. The van der Waals surface area contributed by atoms with Crippen molar-refractivity contribution in [2.24, 2.45) is 0 Å². The largest absolute Gasteiger partial charge is 0.497 e. The Bertz CT molecular complexity index is 441. The van der Waals surface area contributed by atoms with E-state index >= 15 is 0 Å². The lowest BCUT2D eigenvalue weighted by Crippen LogP contribution is -1.84. The molecule has 0 saturated heterocycles. The van der Waals surface area contributed by atoms with Crippen LogP contribution >= 0.6 is 15.9 Å². The number of benzene rings is 1. The Balaban J connectivity index is 2.41. The molecule has 0 aliphatic heterocycles. The summed E-state index contributed by atoms with van der Waals surface area (Å²) in [6.45, 7) is 0. The summed E-state index contributed by atoms with van der Waals surface area (Å²) >= 11 is 3.20. The second-order valence-corrected chi connectivity index (χ2v) is 3.43. The van der Waals surface area contributed by atoms with Crippen molar-refractivity contribution in [1.29, 1.82) is 0 Å². The van der Waals surface area contributed by atoms with Gasteiger partial charge in [0.1, 0.15) is 5.75 Å². The minimum Gasteiger partial charge on any atom is -0.497 e. The van der Waals surface area contributed by atoms with E-state index in [1.807, 2.05) is 24.3 Å². The normalized spacial score (nSPS) is 10.1. The van der Waals surface area contributed by atoms with Crippen molar-refractivity contribution in [3.8, 4) is 17.1 Å². The van der Waals surface area contributed by atoms with E-state index in [2.05, 4.69) is 31.1 Å². The van der Waals surface area contributed by atoms with Crippen molar-refractivity contribution in [2.75, 3.05) is 7.11 Å². The monoisotopic (exact) mass is 253 g/mol. The topological polar surface area (TPSA) is 50.8 Å². The van der Waals surface area contributed by atoms with Crippen LogP contribution in [0, 0.1) is 0 Å². The van der Waals surface area contributed by atoms with E-state index in [1.54, 1.807) is 7.11 Å². The molecule has 0 saturated carbocycles. The maximum Gasteiger partial charge on any atom is 0.193 e. The fraction of sp³-hybridized carbons (Fsp3) is 0.111. The average molecular weight is 254 g/mol. The fourth-order valence-corrected chi connectivity index (χ4v) is 1.39. The molecule has 0 aliphatic carbocycles. The van der Waals surface area contributed by atoms with Crippen molar-refractivity contribution in [2.45, 2.75) is 0 Å². The second kappa shape index (κ2) is 3.79. The minimum atomic E-state index is 0.621. The molecule has 1 aromatic carbocycles. The number of aromatic amines is 1. The van der Waals surface area contributed by atoms with Crippen molar-refractivity contribution in [3.63, 3.8) is 0 Å². The zero-order valence-electron chi connectivity index (χ0n) is 7.49. The van der Waals surface area contributed by atoms with Crippen molar-refractivity contribution in [1.82, 2.24) is 15.2 Å². The van der Waals surface area contributed by atoms with Crippen molar-refractivity contribution >= 4 is 15.9 Å². The van der Waals surface area contributed by atoms with Gasteiger partial charge in [0.2, 0.25) is 0 Å². The molecule has 4 nitrogen and oxygen atoms in total. The molecule has 0 bridgehead atoms. The van der Waals surface area contributed by atoms with Gasteiger partial charge in [0.05, 0.1) is 7.11 Å². The van der Waals surface area contributed by atoms with Gasteiger partial charge in [-0.2, -0.15) is 5.10 Å². The Morgan fingerprint density at radius 3 is 2.93 bits per heavy atom. The van der Waals surface area contributed by atoms with Crippen LogP contribution in [0.5, 0.6) is 5.75 Å². The lowest BCUT2D eigenvalue weighted by molar-refractivity contribution is 0.415. The molecule has 1 heterocycles. The van der Waals surface area contributed by atoms with Crippen LogP contribution in [-0.4, -0.2) is 22.3 Å². The molecule has 2 rings (SSSR count). The molecule has 0 spiro atoms. The molecule has 0 amide bonds. The first kappa shape index (κ1) is 9.21. The quantitative estimate of drug-likeness (QED) is 0.894. The van der Waals surface area contributed by atoms with Gasteiger partial charge in [-0.25, -0.2) is 4.98 Å². The number of H-pyrrole nitrogens is 1. The lowest BCUT2D eigenvalue weighted by atomic mass is 10.2. The molecule has 14 heavy (non-hydrogen) atoms.